The summed E-state index contributed by atoms with van der Waals surface area (Å²) in [4.78, 5) is 37.5. The van der Waals surface area contributed by atoms with Gasteiger partial charge in [0, 0.05) is 18.5 Å². The van der Waals surface area contributed by atoms with E-state index in [-0.39, 0.29) is 18.2 Å². The van der Waals surface area contributed by atoms with Gasteiger partial charge in [0.2, 0.25) is 11.8 Å². The van der Waals surface area contributed by atoms with Crippen molar-refractivity contribution in [3.05, 3.63) is 41.2 Å². The van der Waals surface area contributed by atoms with Crippen molar-refractivity contribution in [1.82, 2.24) is 25.2 Å². The molecule has 2 unspecified atom stereocenters. The average Bonchev–Trinajstić information content (AvgIpc) is 3.20. The molecule has 1 aromatic heterocycles. The van der Waals surface area contributed by atoms with Crippen LogP contribution >= 0.6 is 0 Å². The Bertz CT molecular complexity index is 920. The molecule has 0 spiro atoms. The molecular formula is C17H17N5O4. The van der Waals surface area contributed by atoms with E-state index in [1.165, 1.54) is 9.58 Å². The third-order valence-electron chi connectivity index (χ3n) is 4.71. The third-order valence-corrected chi connectivity index (χ3v) is 4.71. The van der Waals surface area contributed by atoms with Crippen LogP contribution in [0, 0.1) is 0 Å². The Morgan fingerprint density at radius 3 is 2.81 bits per heavy atom. The molecule has 0 aliphatic carbocycles. The van der Waals surface area contributed by atoms with Gasteiger partial charge in [0.15, 0.2) is 0 Å². The molecule has 9 heteroatoms. The number of hydrogen-bond acceptors (Lipinski definition) is 6. The summed E-state index contributed by atoms with van der Waals surface area (Å²) in [7, 11) is 0. The number of nitrogens with zero attached hydrogens (tertiary/aromatic N) is 4. The van der Waals surface area contributed by atoms with Gasteiger partial charge in [-0.15, -0.1) is 5.10 Å². The topological polar surface area (TPSA) is 117 Å². The highest BCUT2D eigenvalue weighted by Gasteiger charge is 2.39. The van der Waals surface area contributed by atoms with E-state index in [0.717, 1.165) is 5.56 Å². The van der Waals surface area contributed by atoms with Crippen LogP contribution < -0.4 is 5.32 Å². The summed E-state index contributed by atoms with van der Waals surface area (Å²) < 4.78 is 1.53. The zero-order valence-electron chi connectivity index (χ0n) is 14.0. The van der Waals surface area contributed by atoms with Gasteiger partial charge in [-0.05, 0) is 37.1 Å². The number of hydrogen-bond donors (Lipinski definition) is 2. The fourth-order valence-corrected chi connectivity index (χ4v) is 3.30. The van der Waals surface area contributed by atoms with Crippen LogP contribution in [0.3, 0.4) is 0 Å². The van der Waals surface area contributed by atoms with Crippen LogP contribution in [0.15, 0.2) is 24.4 Å². The van der Waals surface area contributed by atoms with Crippen molar-refractivity contribution >= 4 is 17.7 Å². The van der Waals surface area contributed by atoms with Gasteiger partial charge < -0.3 is 10.0 Å². The Labute approximate surface area is 148 Å². The summed E-state index contributed by atoms with van der Waals surface area (Å²) in [5.41, 5.74) is 2.48. The zero-order valence-corrected chi connectivity index (χ0v) is 14.0. The largest absolute Gasteiger partial charge is 0.387 e. The highest BCUT2D eigenvalue weighted by molar-refractivity contribution is 6.05. The van der Waals surface area contributed by atoms with Crippen molar-refractivity contribution in [3.8, 4) is 5.69 Å². The molecule has 0 radical (unpaired) electrons. The normalized spacial score (nSPS) is 20.9. The van der Waals surface area contributed by atoms with Crippen molar-refractivity contribution in [1.29, 1.82) is 0 Å². The first kappa shape index (κ1) is 16.4. The van der Waals surface area contributed by atoms with E-state index < -0.39 is 18.1 Å². The molecule has 134 valence electrons. The summed E-state index contributed by atoms with van der Waals surface area (Å²) >= 11 is 0. The lowest BCUT2D eigenvalue weighted by Crippen LogP contribution is -2.52. The van der Waals surface area contributed by atoms with Gasteiger partial charge in [0.05, 0.1) is 18.0 Å². The number of fused-ring (bicyclic) bond motifs is 1. The lowest BCUT2D eigenvalue weighted by Gasteiger charge is -2.29. The zero-order chi connectivity index (χ0) is 18.4. The maximum Gasteiger partial charge on any atom is 0.255 e. The number of imide groups is 1. The summed E-state index contributed by atoms with van der Waals surface area (Å²) in [6.07, 6.45) is 1.46. The number of carbonyl (C=O) groups excluding carboxylic acids is 3. The fraction of sp³-hybridized carbons (Fsp3) is 0.353. The van der Waals surface area contributed by atoms with E-state index in [1.54, 1.807) is 25.3 Å². The first-order valence-corrected chi connectivity index (χ1v) is 8.32. The maximum absolute atomic E-state index is 12.7. The number of aliphatic hydroxyl groups is 1. The smallest absolute Gasteiger partial charge is 0.255 e. The van der Waals surface area contributed by atoms with Gasteiger partial charge in [-0.25, -0.2) is 4.68 Å². The molecule has 1 saturated heterocycles. The van der Waals surface area contributed by atoms with E-state index in [4.69, 9.17) is 0 Å². The highest BCUT2D eigenvalue weighted by atomic mass is 16.3. The fourth-order valence-electron chi connectivity index (χ4n) is 3.30. The van der Waals surface area contributed by atoms with E-state index >= 15 is 0 Å². The Kier molecular flexibility index (Phi) is 3.80. The van der Waals surface area contributed by atoms with Gasteiger partial charge in [-0.3, -0.25) is 19.7 Å². The van der Waals surface area contributed by atoms with E-state index in [2.05, 4.69) is 15.6 Å². The monoisotopic (exact) mass is 355 g/mol. The molecule has 9 nitrogen and oxygen atoms in total. The third kappa shape index (κ3) is 2.66. The van der Waals surface area contributed by atoms with Crippen molar-refractivity contribution < 1.29 is 19.5 Å². The molecule has 1 aromatic carbocycles. The number of amides is 3. The van der Waals surface area contributed by atoms with Crippen LogP contribution in [0.4, 0.5) is 0 Å². The Hall–Kier alpha value is -3.07. The molecule has 1 fully saturated rings. The molecular weight excluding hydrogens is 338 g/mol. The summed E-state index contributed by atoms with van der Waals surface area (Å²) in [5, 5.41) is 19.7. The number of rotatable bonds is 3. The molecule has 3 heterocycles. The standard InChI is InChI=1S/C17H17N5O4/c1-9(23)13-8-22(20-19-13)11-2-3-12-10(6-11)7-21(17(12)26)14-4-5-15(24)18-16(14)25/h2-3,6,8-9,14,23H,4-5,7H2,1H3,(H,18,24,25). The van der Waals surface area contributed by atoms with Crippen molar-refractivity contribution in [2.24, 2.45) is 0 Å². The Morgan fingerprint density at radius 1 is 1.31 bits per heavy atom. The van der Waals surface area contributed by atoms with Crippen LogP contribution in [-0.4, -0.2) is 48.8 Å². The molecule has 3 amide bonds. The van der Waals surface area contributed by atoms with Crippen LogP contribution in [0.2, 0.25) is 0 Å². The average molecular weight is 355 g/mol. The van der Waals surface area contributed by atoms with Gasteiger partial charge in [-0.1, -0.05) is 5.21 Å². The minimum atomic E-state index is -0.720. The van der Waals surface area contributed by atoms with Crippen molar-refractivity contribution in [2.45, 2.75) is 38.5 Å². The van der Waals surface area contributed by atoms with Crippen LogP contribution in [0.25, 0.3) is 5.69 Å². The molecule has 2 atom stereocenters. The van der Waals surface area contributed by atoms with Gasteiger partial charge in [0.1, 0.15) is 11.7 Å². The molecule has 0 bridgehead atoms. The lowest BCUT2D eigenvalue weighted by molar-refractivity contribution is -0.136. The first-order chi connectivity index (χ1) is 12.4. The van der Waals surface area contributed by atoms with E-state index in [9.17, 15) is 19.5 Å². The minimum Gasteiger partial charge on any atom is -0.387 e. The summed E-state index contributed by atoms with van der Waals surface area (Å²) in [5.74, 6) is -0.956. The SMILES string of the molecule is CC(O)c1cn(-c2ccc3c(c2)CN(C2CCC(=O)NC2=O)C3=O)nn1. The molecule has 2 aliphatic rings. The molecule has 2 N–H and O–H groups in total. The molecule has 2 aliphatic heterocycles. The highest BCUT2D eigenvalue weighted by Crippen LogP contribution is 2.29. The van der Waals surface area contributed by atoms with Gasteiger partial charge in [0.25, 0.3) is 5.91 Å². The van der Waals surface area contributed by atoms with Gasteiger partial charge in [-0.2, -0.15) is 0 Å². The number of aromatic nitrogens is 3. The Balaban J connectivity index is 1.60. The van der Waals surface area contributed by atoms with E-state index in [1.807, 2.05) is 6.07 Å². The Morgan fingerprint density at radius 2 is 2.12 bits per heavy atom. The predicted molar refractivity (Wildman–Crippen MR) is 88.0 cm³/mol. The number of aliphatic hydroxyl groups excluding tert-OH is 1. The number of benzene rings is 1. The van der Waals surface area contributed by atoms with Gasteiger partial charge >= 0.3 is 0 Å². The van der Waals surface area contributed by atoms with Crippen LogP contribution in [-0.2, 0) is 16.1 Å². The van der Waals surface area contributed by atoms with E-state index in [0.29, 0.717) is 29.9 Å². The lowest BCUT2D eigenvalue weighted by atomic mass is 10.0. The summed E-state index contributed by atoms with van der Waals surface area (Å²) in [6.45, 7) is 1.90. The maximum atomic E-state index is 12.7. The van der Waals surface area contributed by atoms with Crippen molar-refractivity contribution in [2.75, 3.05) is 0 Å². The molecule has 2 aromatic rings. The second-order valence-corrected chi connectivity index (χ2v) is 6.51. The number of piperidine rings is 1. The van der Waals surface area contributed by atoms with Crippen LogP contribution in [0.1, 0.15) is 47.5 Å². The minimum absolute atomic E-state index is 0.218. The van der Waals surface area contributed by atoms with Crippen LogP contribution in [0.5, 0.6) is 0 Å². The first-order valence-electron chi connectivity index (χ1n) is 8.32. The second-order valence-electron chi connectivity index (χ2n) is 6.51. The second kappa shape index (κ2) is 6.03. The van der Waals surface area contributed by atoms with Crippen molar-refractivity contribution in [3.63, 3.8) is 0 Å². The molecule has 4 rings (SSSR count). The number of carbonyl (C=O) groups is 3. The molecule has 26 heavy (non-hydrogen) atoms. The summed E-state index contributed by atoms with van der Waals surface area (Å²) in [6, 6.07) is 4.62. The quantitative estimate of drug-likeness (QED) is 0.753. The number of nitrogens with one attached hydrogen (secondary N) is 1. The molecule has 0 saturated carbocycles. The predicted octanol–water partition coefficient (Wildman–Crippen LogP) is 0.0816.